The summed E-state index contributed by atoms with van der Waals surface area (Å²) in [5.74, 6) is -0.351. The minimum Gasteiger partial charge on any atom is -0.466 e. The summed E-state index contributed by atoms with van der Waals surface area (Å²) in [7, 11) is 0. The van der Waals surface area contributed by atoms with Gasteiger partial charge in [0.05, 0.1) is 19.8 Å². The van der Waals surface area contributed by atoms with Gasteiger partial charge in [-0.25, -0.2) is 4.79 Å². The summed E-state index contributed by atoms with van der Waals surface area (Å²) >= 11 is 3.49. The smallest absolute Gasteiger partial charge is 0.330 e. The molecule has 0 aliphatic rings. The number of carbonyl (C=O) groups excluding carboxylic acids is 3. The van der Waals surface area contributed by atoms with Crippen molar-refractivity contribution in [2.45, 2.75) is 231 Å². The third-order valence-electron chi connectivity index (χ3n) is 10.0. The molecular weight excluding hydrogens is 716 g/mol. The van der Waals surface area contributed by atoms with Gasteiger partial charge in [0.15, 0.2) is 0 Å². The van der Waals surface area contributed by atoms with Gasteiger partial charge in [-0.05, 0) is 38.5 Å². The molecule has 0 heterocycles. The van der Waals surface area contributed by atoms with Crippen LogP contribution >= 0.6 is 15.9 Å². The predicted molar refractivity (Wildman–Crippen MR) is 223 cm³/mol. The highest BCUT2D eigenvalue weighted by Gasteiger charge is 2.04. The van der Waals surface area contributed by atoms with Gasteiger partial charge in [0.2, 0.25) is 0 Å². The van der Waals surface area contributed by atoms with Crippen molar-refractivity contribution in [3.05, 3.63) is 12.7 Å². The van der Waals surface area contributed by atoms with E-state index in [1.807, 2.05) is 0 Å². The predicted octanol–water partition coefficient (Wildman–Crippen LogP) is 14.2. The Bertz CT molecular complexity index is 788. The van der Waals surface area contributed by atoms with Crippen LogP contribution in [0.2, 0.25) is 0 Å². The normalized spacial score (nSPS) is 11.1. The van der Waals surface area contributed by atoms with Crippen LogP contribution in [-0.4, -0.2) is 43.1 Å². The second-order valence-corrected chi connectivity index (χ2v) is 15.8. The van der Waals surface area contributed by atoms with Crippen molar-refractivity contribution in [1.82, 2.24) is 0 Å². The lowest BCUT2D eigenvalue weighted by atomic mass is 10.0. The first-order chi connectivity index (χ1) is 25.6. The number of hydrogen-bond donors (Lipinski definition) is 0. The summed E-state index contributed by atoms with van der Waals surface area (Å²) in [6, 6.07) is 0. The summed E-state index contributed by atoms with van der Waals surface area (Å²) in [6.07, 6.45) is 44.1. The van der Waals surface area contributed by atoms with Crippen molar-refractivity contribution in [3.8, 4) is 0 Å². The maximum atomic E-state index is 12.0. The number of hydrogen-bond acceptors (Lipinski definition) is 6. The summed E-state index contributed by atoms with van der Waals surface area (Å²) in [5, 5.41) is 1.14. The third-order valence-corrected chi connectivity index (χ3v) is 10.6. The van der Waals surface area contributed by atoms with Gasteiger partial charge < -0.3 is 14.2 Å². The molecule has 0 amide bonds. The van der Waals surface area contributed by atoms with Gasteiger partial charge in [-0.15, -0.1) is 0 Å². The number of unbranched alkanes of at least 4 members (excludes halogenated alkanes) is 31. The van der Waals surface area contributed by atoms with Gasteiger partial charge in [0.25, 0.3) is 0 Å². The van der Waals surface area contributed by atoms with E-state index in [-0.39, 0.29) is 17.9 Å². The van der Waals surface area contributed by atoms with E-state index in [1.54, 1.807) is 0 Å². The monoisotopic (exact) mass is 799 g/mol. The Balaban J connectivity index is 3.22. The maximum absolute atomic E-state index is 12.0. The first-order valence-electron chi connectivity index (χ1n) is 22.3. The van der Waals surface area contributed by atoms with E-state index in [4.69, 9.17) is 14.2 Å². The summed E-state index contributed by atoms with van der Waals surface area (Å²) in [4.78, 5) is 34.9. The van der Waals surface area contributed by atoms with Gasteiger partial charge >= 0.3 is 17.9 Å². The molecule has 7 heteroatoms. The molecule has 0 aromatic carbocycles. The summed E-state index contributed by atoms with van der Waals surface area (Å²) in [5.41, 5.74) is 0. The largest absolute Gasteiger partial charge is 0.466 e. The molecule has 306 valence electrons. The molecule has 6 nitrogen and oxygen atoms in total. The molecule has 0 atom stereocenters. The molecule has 0 fully saturated rings. The molecule has 0 rings (SSSR count). The van der Waals surface area contributed by atoms with Crippen molar-refractivity contribution in [2.24, 2.45) is 0 Å². The zero-order chi connectivity index (χ0) is 37.8. The van der Waals surface area contributed by atoms with Crippen LogP contribution < -0.4 is 0 Å². The summed E-state index contributed by atoms with van der Waals surface area (Å²) < 4.78 is 15.9. The minimum atomic E-state index is -0.324. The van der Waals surface area contributed by atoms with Gasteiger partial charge in [-0.3, -0.25) is 9.59 Å². The second-order valence-electron chi connectivity index (χ2n) is 15.0. The highest BCUT2D eigenvalue weighted by atomic mass is 79.9. The second kappa shape index (κ2) is 44.0. The number of halogens is 1. The van der Waals surface area contributed by atoms with Crippen LogP contribution in [0.5, 0.6) is 0 Å². The van der Waals surface area contributed by atoms with Gasteiger partial charge in [-0.1, -0.05) is 202 Å². The topological polar surface area (TPSA) is 78.9 Å². The fourth-order valence-corrected chi connectivity index (χ4v) is 7.03. The van der Waals surface area contributed by atoms with E-state index in [2.05, 4.69) is 22.5 Å². The molecule has 0 unspecified atom stereocenters. The van der Waals surface area contributed by atoms with E-state index < -0.39 is 0 Å². The van der Waals surface area contributed by atoms with Crippen LogP contribution in [0.15, 0.2) is 12.7 Å². The van der Waals surface area contributed by atoms with Crippen LogP contribution in [-0.2, 0) is 28.6 Å². The lowest BCUT2D eigenvalue weighted by Gasteiger charge is -2.06. The molecule has 0 aliphatic carbocycles. The molecule has 0 aromatic heterocycles. The van der Waals surface area contributed by atoms with E-state index >= 15 is 0 Å². The zero-order valence-corrected chi connectivity index (χ0v) is 35.5. The van der Waals surface area contributed by atoms with Crippen molar-refractivity contribution in [2.75, 3.05) is 25.2 Å². The summed E-state index contributed by atoms with van der Waals surface area (Å²) in [6.45, 7) is 5.09. The average molecular weight is 800 g/mol. The van der Waals surface area contributed by atoms with Crippen LogP contribution in [0.3, 0.4) is 0 Å². The van der Waals surface area contributed by atoms with Crippen molar-refractivity contribution in [3.63, 3.8) is 0 Å². The fraction of sp³-hybridized carbons (Fsp3) is 0.889. The van der Waals surface area contributed by atoms with E-state index in [9.17, 15) is 14.4 Å². The average Bonchev–Trinajstić information content (AvgIpc) is 3.15. The SMILES string of the molecule is C=CC(=O)OCCCCCCCCCCCCCCC(=O)OCCCCCCCCCCCCCCC(=O)OCCCCCCCCCCCCBr. The zero-order valence-electron chi connectivity index (χ0n) is 33.9. The molecule has 0 aromatic rings. The number of ether oxygens (including phenoxy) is 3. The van der Waals surface area contributed by atoms with E-state index in [1.165, 1.54) is 167 Å². The van der Waals surface area contributed by atoms with Crippen molar-refractivity contribution in [1.29, 1.82) is 0 Å². The van der Waals surface area contributed by atoms with Crippen LogP contribution in [0, 0.1) is 0 Å². The fourth-order valence-electron chi connectivity index (χ4n) is 6.64. The molecule has 0 saturated carbocycles. The molecule has 0 N–H and O–H groups in total. The Morgan fingerprint density at radius 3 is 0.846 bits per heavy atom. The number of carbonyl (C=O) groups is 3. The lowest BCUT2D eigenvalue weighted by molar-refractivity contribution is -0.144. The van der Waals surface area contributed by atoms with E-state index in [0.717, 1.165) is 63.1 Å². The first kappa shape index (κ1) is 50.6. The standard InChI is InChI=1S/C45H83BrO6/c1-2-43(47)50-40-34-28-22-16-10-5-3-7-13-19-25-31-37-44(48)51-41-35-29-23-17-11-6-4-8-14-20-26-32-38-45(49)52-42-36-30-24-18-12-9-15-21-27-33-39-46/h2H,1,3-42H2. The number of esters is 3. The van der Waals surface area contributed by atoms with Crippen molar-refractivity contribution < 1.29 is 28.6 Å². The van der Waals surface area contributed by atoms with Gasteiger partial charge in [0.1, 0.15) is 0 Å². The van der Waals surface area contributed by atoms with Crippen LogP contribution in [0.1, 0.15) is 231 Å². The molecule has 52 heavy (non-hydrogen) atoms. The molecule has 0 aliphatic heterocycles. The third kappa shape index (κ3) is 43.0. The molecule has 0 spiro atoms. The lowest BCUT2D eigenvalue weighted by Crippen LogP contribution is -2.05. The van der Waals surface area contributed by atoms with Crippen LogP contribution in [0.25, 0.3) is 0 Å². The first-order valence-corrected chi connectivity index (χ1v) is 23.4. The van der Waals surface area contributed by atoms with E-state index in [0.29, 0.717) is 32.7 Å². The Morgan fingerprint density at radius 2 is 0.577 bits per heavy atom. The van der Waals surface area contributed by atoms with Gasteiger partial charge in [-0.2, -0.15) is 0 Å². The molecule has 0 radical (unpaired) electrons. The van der Waals surface area contributed by atoms with Crippen LogP contribution in [0.4, 0.5) is 0 Å². The molecular formula is C45H83BrO6. The Morgan fingerprint density at radius 1 is 0.346 bits per heavy atom. The highest BCUT2D eigenvalue weighted by molar-refractivity contribution is 9.09. The van der Waals surface area contributed by atoms with Crippen molar-refractivity contribution >= 4 is 33.8 Å². The molecule has 0 saturated heterocycles. The Hall–Kier alpha value is -1.37. The Labute approximate surface area is 330 Å². The maximum Gasteiger partial charge on any atom is 0.330 e. The minimum absolute atomic E-state index is 0.00591. The number of alkyl halides is 1. The number of rotatable bonds is 43. The highest BCUT2D eigenvalue weighted by Crippen LogP contribution is 2.15. The van der Waals surface area contributed by atoms with Gasteiger partial charge in [0, 0.05) is 24.2 Å². The Kier molecular flexibility index (Phi) is 42.9. The molecule has 0 bridgehead atoms. The quantitative estimate of drug-likeness (QED) is 0.0201.